The van der Waals surface area contributed by atoms with Gasteiger partial charge in [0, 0.05) is 12.8 Å². The molecule has 0 saturated carbocycles. The Morgan fingerprint density at radius 2 is 2.33 bits per heavy atom. The highest BCUT2D eigenvalue weighted by atomic mass is 16.1. The van der Waals surface area contributed by atoms with Gasteiger partial charge in [0.1, 0.15) is 5.78 Å². The number of carbonyl (C=O) groups excluding carboxylic acids is 1. The highest BCUT2D eigenvalue weighted by Crippen LogP contribution is 1.82. The SMILES string of the molecule is [CH2]CC(=O)CC. The zero-order chi connectivity index (χ0) is 4.99. The maximum Gasteiger partial charge on any atom is 0.132 e. The van der Waals surface area contributed by atoms with Crippen molar-refractivity contribution in [1.29, 1.82) is 0 Å². The van der Waals surface area contributed by atoms with Crippen molar-refractivity contribution in [1.82, 2.24) is 0 Å². The molecular weight excluding hydrogens is 76.1 g/mol. The lowest BCUT2D eigenvalue weighted by Gasteiger charge is -1.81. The van der Waals surface area contributed by atoms with Crippen molar-refractivity contribution in [2.75, 3.05) is 0 Å². The molecular formula is C5H9O. The molecule has 1 radical (unpaired) electrons. The van der Waals surface area contributed by atoms with Crippen LogP contribution in [0.15, 0.2) is 0 Å². The molecule has 0 aromatic heterocycles. The Morgan fingerprint density at radius 3 is 2.33 bits per heavy atom. The van der Waals surface area contributed by atoms with E-state index in [0.29, 0.717) is 12.8 Å². The molecule has 6 heavy (non-hydrogen) atoms. The average molecular weight is 85.1 g/mol. The standard InChI is InChI=1S/C5H9O/c1-3-5(6)4-2/h1,3-4H2,2H3. The number of hydrogen-bond donors (Lipinski definition) is 0. The second-order valence-electron chi connectivity index (χ2n) is 1.14. The molecule has 0 amide bonds. The predicted molar refractivity (Wildman–Crippen MR) is 25.3 cm³/mol. The summed E-state index contributed by atoms with van der Waals surface area (Å²) in [6.45, 7) is 5.25. The molecule has 0 unspecified atom stereocenters. The van der Waals surface area contributed by atoms with E-state index in [1.54, 1.807) is 0 Å². The summed E-state index contributed by atoms with van der Waals surface area (Å²) in [5, 5.41) is 0. The van der Waals surface area contributed by atoms with Crippen LogP contribution in [0.2, 0.25) is 0 Å². The van der Waals surface area contributed by atoms with Crippen molar-refractivity contribution in [3.8, 4) is 0 Å². The fraction of sp³-hybridized carbons (Fsp3) is 0.600. The summed E-state index contributed by atoms with van der Waals surface area (Å²) in [7, 11) is 0. The van der Waals surface area contributed by atoms with E-state index in [4.69, 9.17) is 0 Å². The largest absolute Gasteiger partial charge is 0.300 e. The van der Waals surface area contributed by atoms with Crippen molar-refractivity contribution >= 4 is 5.78 Å². The van der Waals surface area contributed by atoms with Gasteiger partial charge in [-0.25, -0.2) is 0 Å². The second-order valence-corrected chi connectivity index (χ2v) is 1.14. The lowest BCUT2D eigenvalue weighted by molar-refractivity contribution is -0.118. The van der Waals surface area contributed by atoms with Crippen molar-refractivity contribution in [3.05, 3.63) is 6.92 Å². The molecule has 0 bridgehead atoms. The highest BCUT2D eigenvalue weighted by Gasteiger charge is 1.86. The number of Topliss-reactive ketones (excluding diaryl/α,β-unsaturated/α-hetero) is 1. The molecule has 0 fully saturated rings. The Morgan fingerprint density at radius 1 is 1.83 bits per heavy atom. The lowest BCUT2D eigenvalue weighted by Crippen LogP contribution is -1.88. The maximum absolute atomic E-state index is 10.1. The minimum Gasteiger partial charge on any atom is -0.300 e. The summed E-state index contributed by atoms with van der Waals surface area (Å²) >= 11 is 0. The first-order valence-corrected chi connectivity index (χ1v) is 2.12. The first-order valence-electron chi connectivity index (χ1n) is 2.12. The molecule has 1 nitrogen and oxygen atoms in total. The lowest BCUT2D eigenvalue weighted by atomic mass is 10.3. The summed E-state index contributed by atoms with van der Waals surface area (Å²) < 4.78 is 0. The number of ketones is 1. The van der Waals surface area contributed by atoms with Gasteiger partial charge in [-0.05, 0) is 6.92 Å². The van der Waals surface area contributed by atoms with E-state index in [9.17, 15) is 4.79 Å². The van der Waals surface area contributed by atoms with E-state index in [1.165, 1.54) is 0 Å². The van der Waals surface area contributed by atoms with Gasteiger partial charge in [0.25, 0.3) is 0 Å². The maximum atomic E-state index is 10.1. The Labute approximate surface area is 38.4 Å². The second kappa shape index (κ2) is 2.88. The summed E-state index contributed by atoms with van der Waals surface area (Å²) in [4.78, 5) is 10.1. The molecule has 0 heterocycles. The van der Waals surface area contributed by atoms with Crippen LogP contribution < -0.4 is 0 Å². The third kappa shape index (κ3) is 1.94. The van der Waals surface area contributed by atoms with E-state index >= 15 is 0 Å². The van der Waals surface area contributed by atoms with Gasteiger partial charge in [-0.15, -0.1) is 0 Å². The zero-order valence-electron chi connectivity index (χ0n) is 4.03. The Balaban J connectivity index is 2.99. The quantitative estimate of drug-likeness (QED) is 0.492. The van der Waals surface area contributed by atoms with Gasteiger partial charge < -0.3 is 0 Å². The molecule has 0 N–H and O–H groups in total. The van der Waals surface area contributed by atoms with Crippen LogP contribution in [0.3, 0.4) is 0 Å². The minimum atomic E-state index is 0.231. The number of rotatable bonds is 2. The van der Waals surface area contributed by atoms with Gasteiger partial charge in [0.2, 0.25) is 0 Å². The summed E-state index contributed by atoms with van der Waals surface area (Å²) in [5.41, 5.74) is 0. The van der Waals surface area contributed by atoms with Crippen LogP contribution in [0.25, 0.3) is 0 Å². The van der Waals surface area contributed by atoms with Gasteiger partial charge in [-0.1, -0.05) is 6.92 Å². The van der Waals surface area contributed by atoms with Crippen molar-refractivity contribution in [2.45, 2.75) is 19.8 Å². The molecule has 0 aliphatic heterocycles. The predicted octanol–water partition coefficient (Wildman–Crippen LogP) is 1.19. The van der Waals surface area contributed by atoms with E-state index in [-0.39, 0.29) is 5.78 Å². The van der Waals surface area contributed by atoms with Crippen molar-refractivity contribution in [3.63, 3.8) is 0 Å². The molecule has 0 atom stereocenters. The molecule has 0 aromatic rings. The average Bonchev–Trinajstić information content (AvgIpc) is 1.65. The van der Waals surface area contributed by atoms with E-state index in [0.717, 1.165) is 0 Å². The van der Waals surface area contributed by atoms with Crippen LogP contribution in [-0.2, 0) is 4.79 Å². The first kappa shape index (κ1) is 5.67. The minimum absolute atomic E-state index is 0.231. The fourth-order valence-corrected chi connectivity index (χ4v) is 0.177. The molecule has 0 saturated heterocycles. The normalized spacial score (nSPS) is 8.33. The summed E-state index contributed by atoms with van der Waals surface area (Å²) in [6, 6.07) is 0. The zero-order valence-corrected chi connectivity index (χ0v) is 4.03. The Bertz CT molecular complexity index is 41.9. The summed E-state index contributed by atoms with van der Waals surface area (Å²) in [6.07, 6.45) is 1.07. The van der Waals surface area contributed by atoms with Gasteiger partial charge >= 0.3 is 0 Å². The highest BCUT2D eigenvalue weighted by molar-refractivity contribution is 5.78. The topological polar surface area (TPSA) is 17.1 Å². The fourth-order valence-electron chi connectivity index (χ4n) is 0.177. The van der Waals surface area contributed by atoms with Gasteiger partial charge in [0.05, 0.1) is 0 Å². The van der Waals surface area contributed by atoms with E-state index < -0.39 is 0 Å². The van der Waals surface area contributed by atoms with Crippen LogP contribution in [0.1, 0.15) is 19.8 Å². The van der Waals surface area contributed by atoms with Gasteiger partial charge in [-0.3, -0.25) is 4.79 Å². The molecule has 0 spiro atoms. The van der Waals surface area contributed by atoms with E-state index in [2.05, 4.69) is 6.92 Å². The monoisotopic (exact) mass is 85.1 g/mol. The van der Waals surface area contributed by atoms with Crippen molar-refractivity contribution < 1.29 is 4.79 Å². The molecule has 0 aliphatic carbocycles. The van der Waals surface area contributed by atoms with Gasteiger partial charge in [-0.2, -0.15) is 0 Å². The molecule has 1 heteroatoms. The Hall–Kier alpha value is -0.330. The summed E-state index contributed by atoms with van der Waals surface area (Å²) in [5.74, 6) is 0.231. The number of hydrogen-bond acceptors (Lipinski definition) is 1. The third-order valence-electron chi connectivity index (χ3n) is 0.673. The first-order chi connectivity index (χ1) is 2.81. The van der Waals surface area contributed by atoms with Crippen LogP contribution in [0.4, 0.5) is 0 Å². The van der Waals surface area contributed by atoms with Crippen molar-refractivity contribution in [2.24, 2.45) is 0 Å². The smallest absolute Gasteiger partial charge is 0.132 e. The molecule has 0 rings (SSSR count). The van der Waals surface area contributed by atoms with Crippen LogP contribution >= 0.6 is 0 Å². The third-order valence-corrected chi connectivity index (χ3v) is 0.673. The van der Waals surface area contributed by atoms with Crippen LogP contribution in [-0.4, -0.2) is 5.78 Å². The Kier molecular flexibility index (Phi) is 2.73. The molecule has 0 aliphatic rings. The van der Waals surface area contributed by atoms with Crippen LogP contribution in [0, 0.1) is 6.92 Å². The van der Waals surface area contributed by atoms with E-state index in [1.807, 2.05) is 6.92 Å². The molecule has 0 aromatic carbocycles. The number of carbonyl (C=O) groups is 1. The van der Waals surface area contributed by atoms with Gasteiger partial charge in [0.15, 0.2) is 0 Å². The van der Waals surface area contributed by atoms with Crippen LogP contribution in [0.5, 0.6) is 0 Å². The molecule has 35 valence electrons.